The van der Waals surface area contributed by atoms with Gasteiger partial charge in [0.25, 0.3) is 0 Å². The minimum Gasteiger partial charge on any atom is -0.365 e. The standard InChI is InChI=1S/C12H21N3O/c1-10(13)5-6-12(16)15(2)9-7-11-4-3-8-14-11/h3-4,8,10,14H,5-7,9,13H2,1-2H3. The van der Waals surface area contributed by atoms with Crippen molar-refractivity contribution in [3.63, 3.8) is 0 Å². The first kappa shape index (κ1) is 12.8. The first-order valence-corrected chi connectivity index (χ1v) is 5.71. The molecule has 1 amide bonds. The average Bonchev–Trinajstić information content (AvgIpc) is 2.75. The lowest BCUT2D eigenvalue weighted by Gasteiger charge is -2.17. The van der Waals surface area contributed by atoms with Crippen molar-refractivity contribution in [2.45, 2.75) is 32.2 Å². The number of nitrogens with one attached hydrogen (secondary N) is 1. The van der Waals surface area contributed by atoms with Crippen LogP contribution in [-0.4, -0.2) is 35.4 Å². The predicted octanol–water partition coefficient (Wildman–Crippen LogP) is 1.14. The van der Waals surface area contributed by atoms with Gasteiger partial charge in [0.05, 0.1) is 0 Å². The van der Waals surface area contributed by atoms with Crippen LogP contribution in [-0.2, 0) is 11.2 Å². The highest BCUT2D eigenvalue weighted by Gasteiger charge is 2.09. The van der Waals surface area contributed by atoms with Crippen LogP contribution in [0.5, 0.6) is 0 Å². The van der Waals surface area contributed by atoms with Gasteiger partial charge in [-0.1, -0.05) is 0 Å². The number of hydrogen-bond acceptors (Lipinski definition) is 2. The van der Waals surface area contributed by atoms with Crippen molar-refractivity contribution in [3.05, 3.63) is 24.0 Å². The molecule has 0 aliphatic rings. The second kappa shape index (κ2) is 6.33. The third-order valence-corrected chi connectivity index (χ3v) is 2.62. The van der Waals surface area contributed by atoms with E-state index >= 15 is 0 Å². The molecule has 0 aliphatic carbocycles. The fraction of sp³-hybridized carbons (Fsp3) is 0.583. The number of aromatic nitrogens is 1. The van der Waals surface area contributed by atoms with E-state index in [9.17, 15) is 4.79 Å². The molecule has 0 radical (unpaired) electrons. The number of aromatic amines is 1. The van der Waals surface area contributed by atoms with E-state index in [0.717, 1.165) is 25.1 Å². The molecule has 90 valence electrons. The number of rotatable bonds is 6. The Morgan fingerprint density at radius 2 is 2.38 bits per heavy atom. The summed E-state index contributed by atoms with van der Waals surface area (Å²) in [7, 11) is 1.84. The molecule has 4 nitrogen and oxygen atoms in total. The molecule has 3 N–H and O–H groups in total. The molecule has 1 rings (SSSR count). The third kappa shape index (κ3) is 4.49. The molecule has 0 fully saturated rings. The van der Waals surface area contributed by atoms with Crippen molar-refractivity contribution in [1.29, 1.82) is 0 Å². The molecule has 0 aliphatic heterocycles. The zero-order chi connectivity index (χ0) is 12.0. The zero-order valence-electron chi connectivity index (χ0n) is 10.1. The first-order chi connectivity index (χ1) is 7.59. The van der Waals surface area contributed by atoms with Crippen LogP contribution in [0.1, 0.15) is 25.5 Å². The molecule has 1 heterocycles. The van der Waals surface area contributed by atoms with Gasteiger partial charge in [0.1, 0.15) is 0 Å². The maximum absolute atomic E-state index is 11.7. The van der Waals surface area contributed by atoms with Crippen LogP contribution in [0.2, 0.25) is 0 Å². The Bertz CT molecular complexity index is 306. The number of hydrogen-bond donors (Lipinski definition) is 2. The summed E-state index contributed by atoms with van der Waals surface area (Å²) in [6, 6.07) is 4.09. The molecule has 16 heavy (non-hydrogen) atoms. The molecule has 0 bridgehead atoms. The van der Waals surface area contributed by atoms with E-state index in [0.29, 0.717) is 6.42 Å². The molecule has 1 unspecified atom stereocenters. The van der Waals surface area contributed by atoms with E-state index < -0.39 is 0 Å². The molecule has 1 aromatic heterocycles. The Hall–Kier alpha value is -1.29. The maximum Gasteiger partial charge on any atom is 0.222 e. The Morgan fingerprint density at radius 3 is 2.94 bits per heavy atom. The van der Waals surface area contributed by atoms with E-state index in [4.69, 9.17) is 5.73 Å². The number of H-pyrrole nitrogens is 1. The molecule has 0 saturated heterocycles. The molecule has 0 spiro atoms. The number of carbonyl (C=O) groups excluding carboxylic acids is 1. The summed E-state index contributed by atoms with van der Waals surface area (Å²) >= 11 is 0. The summed E-state index contributed by atoms with van der Waals surface area (Å²) in [5, 5.41) is 0. The fourth-order valence-electron chi connectivity index (χ4n) is 1.48. The Labute approximate surface area is 96.8 Å². The summed E-state index contributed by atoms with van der Waals surface area (Å²) in [4.78, 5) is 16.6. The molecular formula is C12H21N3O. The van der Waals surface area contributed by atoms with E-state index in [1.54, 1.807) is 4.90 Å². The molecule has 1 atom stereocenters. The van der Waals surface area contributed by atoms with E-state index in [1.165, 1.54) is 0 Å². The van der Waals surface area contributed by atoms with Crippen LogP contribution in [0.3, 0.4) is 0 Å². The number of nitrogens with zero attached hydrogens (tertiary/aromatic N) is 1. The van der Waals surface area contributed by atoms with Gasteiger partial charge in [0, 0.05) is 44.4 Å². The lowest BCUT2D eigenvalue weighted by Crippen LogP contribution is -2.30. The van der Waals surface area contributed by atoms with Gasteiger partial charge >= 0.3 is 0 Å². The SMILES string of the molecule is CC(N)CCC(=O)N(C)CCc1ccc[nH]1. The van der Waals surface area contributed by atoms with Crippen LogP contribution in [0.25, 0.3) is 0 Å². The van der Waals surface area contributed by atoms with Gasteiger partial charge in [-0.3, -0.25) is 4.79 Å². The van der Waals surface area contributed by atoms with Gasteiger partial charge in [-0.15, -0.1) is 0 Å². The van der Waals surface area contributed by atoms with Gasteiger partial charge in [-0.2, -0.15) is 0 Å². The lowest BCUT2D eigenvalue weighted by atomic mass is 10.2. The Morgan fingerprint density at radius 1 is 1.62 bits per heavy atom. The van der Waals surface area contributed by atoms with Crippen molar-refractivity contribution in [3.8, 4) is 0 Å². The molecule has 4 heteroatoms. The highest BCUT2D eigenvalue weighted by atomic mass is 16.2. The molecule has 1 aromatic rings. The number of carbonyl (C=O) groups is 1. The first-order valence-electron chi connectivity index (χ1n) is 5.71. The zero-order valence-corrected chi connectivity index (χ0v) is 10.1. The second-order valence-corrected chi connectivity index (χ2v) is 4.28. The highest BCUT2D eigenvalue weighted by Crippen LogP contribution is 2.01. The summed E-state index contributed by atoms with van der Waals surface area (Å²) in [5.41, 5.74) is 6.78. The van der Waals surface area contributed by atoms with Crippen molar-refractivity contribution in [2.75, 3.05) is 13.6 Å². The fourth-order valence-corrected chi connectivity index (χ4v) is 1.48. The quantitative estimate of drug-likeness (QED) is 0.759. The van der Waals surface area contributed by atoms with Gasteiger partial charge in [-0.05, 0) is 25.5 Å². The van der Waals surface area contributed by atoms with E-state index in [2.05, 4.69) is 4.98 Å². The van der Waals surface area contributed by atoms with Gasteiger partial charge in [0.2, 0.25) is 5.91 Å². The van der Waals surface area contributed by atoms with E-state index in [1.807, 2.05) is 32.3 Å². The number of likely N-dealkylation sites (N-methyl/N-ethyl adjacent to an activating group) is 1. The van der Waals surface area contributed by atoms with Crippen LogP contribution < -0.4 is 5.73 Å². The number of amides is 1. The van der Waals surface area contributed by atoms with Crippen LogP contribution in [0, 0.1) is 0 Å². The Kier molecular flexibility index (Phi) is 5.05. The van der Waals surface area contributed by atoms with E-state index in [-0.39, 0.29) is 11.9 Å². The van der Waals surface area contributed by atoms with Gasteiger partial charge in [0.15, 0.2) is 0 Å². The van der Waals surface area contributed by atoms with Gasteiger partial charge < -0.3 is 15.6 Å². The smallest absolute Gasteiger partial charge is 0.222 e. The lowest BCUT2D eigenvalue weighted by molar-refractivity contribution is -0.130. The average molecular weight is 223 g/mol. The minimum absolute atomic E-state index is 0.0979. The summed E-state index contributed by atoms with van der Waals surface area (Å²) in [6.45, 7) is 2.67. The van der Waals surface area contributed by atoms with Gasteiger partial charge in [-0.25, -0.2) is 0 Å². The summed E-state index contributed by atoms with van der Waals surface area (Å²) in [5.74, 6) is 0.170. The highest BCUT2D eigenvalue weighted by molar-refractivity contribution is 5.75. The second-order valence-electron chi connectivity index (χ2n) is 4.28. The monoisotopic (exact) mass is 223 g/mol. The minimum atomic E-state index is 0.0979. The normalized spacial score (nSPS) is 12.4. The summed E-state index contributed by atoms with van der Waals surface area (Å²) in [6.07, 6.45) is 4.06. The third-order valence-electron chi connectivity index (χ3n) is 2.62. The topological polar surface area (TPSA) is 62.1 Å². The van der Waals surface area contributed by atoms with Crippen molar-refractivity contribution >= 4 is 5.91 Å². The molecule has 0 aromatic carbocycles. The van der Waals surface area contributed by atoms with Crippen LogP contribution in [0.15, 0.2) is 18.3 Å². The van der Waals surface area contributed by atoms with Crippen molar-refractivity contribution in [1.82, 2.24) is 9.88 Å². The van der Waals surface area contributed by atoms with Crippen molar-refractivity contribution < 1.29 is 4.79 Å². The predicted molar refractivity (Wildman–Crippen MR) is 65.0 cm³/mol. The maximum atomic E-state index is 11.7. The van der Waals surface area contributed by atoms with Crippen LogP contribution in [0.4, 0.5) is 0 Å². The largest absolute Gasteiger partial charge is 0.365 e. The van der Waals surface area contributed by atoms with Crippen molar-refractivity contribution in [2.24, 2.45) is 5.73 Å². The van der Waals surface area contributed by atoms with Crippen LogP contribution >= 0.6 is 0 Å². The Balaban J connectivity index is 2.23. The number of nitrogens with two attached hydrogens (primary N) is 1. The molecular weight excluding hydrogens is 202 g/mol. The molecule has 0 saturated carbocycles. The summed E-state index contributed by atoms with van der Waals surface area (Å²) < 4.78 is 0.